The van der Waals surface area contributed by atoms with Crippen molar-refractivity contribution in [3.63, 3.8) is 0 Å². The van der Waals surface area contributed by atoms with Crippen LogP contribution in [0.1, 0.15) is 41.2 Å². The van der Waals surface area contributed by atoms with Crippen LogP contribution in [-0.4, -0.2) is 22.0 Å². The van der Waals surface area contributed by atoms with E-state index in [2.05, 4.69) is 26.2 Å². The molecule has 1 aromatic heterocycles. The van der Waals surface area contributed by atoms with E-state index >= 15 is 0 Å². The van der Waals surface area contributed by atoms with Crippen LogP contribution in [-0.2, 0) is 4.79 Å². The summed E-state index contributed by atoms with van der Waals surface area (Å²) in [6.45, 7) is 0. The Bertz CT molecular complexity index is 757. The molecule has 1 aromatic carbocycles. The van der Waals surface area contributed by atoms with Gasteiger partial charge in [-0.05, 0) is 59.0 Å². The van der Waals surface area contributed by atoms with Gasteiger partial charge in [-0.1, -0.05) is 12.1 Å². The number of amides is 1. The first-order chi connectivity index (χ1) is 11.5. The van der Waals surface area contributed by atoms with E-state index in [9.17, 15) is 14.7 Å². The second-order valence-electron chi connectivity index (χ2n) is 5.95. The van der Waals surface area contributed by atoms with Crippen LogP contribution in [0.4, 0.5) is 5.69 Å². The van der Waals surface area contributed by atoms with Gasteiger partial charge in [0.05, 0.1) is 11.3 Å². The summed E-state index contributed by atoms with van der Waals surface area (Å²) in [5, 5.41) is 11.9. The number of carboxylic acids is 1. The van der Waals surface area contributed by atoms with E-state index in [0.29, 0.717) is 18.0 Å². The van der Waals surface area contributed by atoms with Crippen molar-refractivity contribution in [2.75, 3.05) is 5.32 Å². The zero-order valence-electron chi connectivity index (χ0n) is 12.9. The maximum absolute atomic E-state index is 12.4. The molecule has 0 aliphatic heterocycles. The number of anilines is 1. The molecule has 0 spiro atoms. The fourth-order valence-electron chi connectivity index (χ4n) is 2.80. The van der Waals surface area contributed by atoms with Crippen molar-refractivity contribution in [1.29, 1.82) is 0 Å². The first kappa shape index (κ1) is 16.6. The maximum Gasteiger partial charge on any atom is 0.337 e. The third kappa shape index (κ3) is 4.00. The lowest BCUT2D eigenvalue weighted by Crippen LogP contribution is -2.19. The first-order valence-electron chi connectivity index (χ1n) is 7.78. The highest BCUT2D eigenvalue weighted by molar-refractivity contribution is 9.10. The quantitative estimate of drug-likeness (QED) is 0.781. The van der Waals surface area contributed by atoms with Crippen molar-refractivity contribution < 1.29 is 14.7 Å². The molecule has 2 N–H and O–H groups in total. The predicted octanol–water partition coefficient (Wildman–Crippen LogP) is 4.06. The Morgan fingerprint density at radius 3 is 2.62 bits per heavy atom. The molecule has 0 saturated heterocycles. The highest BCUT2D eigenvalue weighted by atomic mass is 79.9. The molecular weight excluding hydrogens is 372 g/mol. The highest BCUT2D eigenvalue weighted by Gasteiger charge is 2.34. The lowest BCUT2D eigenvalue weighted by molar-refractivity contribution is -0.116. The standard InChI is InChI=1S/C18H17BrN2O3/c19-12-7-8-15(20-10-12)14(11-5-6-11)9-17(22)21-16-4-2-1-3-13(16)18(23)24/h1-4,7-8,10-11,14H,5-6,9H2,(H,21,22)(H,23,24). The second-order valence-corrected chi connectivity index (χ2v) is 6.86. The summed E-state index contributed by atoms with van der Waals surface area (Å²) in [4.78, 5) is 28.1. The summed E-state index contributed by atoms with van der Waals surface area (Å²) in [6.07, 6.45) is 4.23. The Kier molecular flexibility index (Phi) is 4.94. The number of benzene rings is 1. The van der Waals surface area contributed by atoms with Gasteiger partial charge in [0.2, 0.25) is 5.91 Å². The van der Waals surface area contributed by atoms with Gasteiger partial charge in [0, 0.05) is 28.7 Å². The molecule has 1 fully saturated rings. The van der Waals surface area contributed by atoms with Crippen LogP contribution in [0.5, 0.6) is 0 Å². The van der Waals surface area contributed by atoms with Gasteiger partial charge >= 0.3 is 5.97 Å². The third-order valence-electron chi connectivity index (χ3n) is 4.16. The Labute approximate surface area is 148 Å². The normalized spacial score (nSPS) is 14.9. The molecule has 1 unspecified atom stereocenters. The minimum Gasteiger partial charge on any atom is -0.478 e. The average molecular weight is 389 g/mol. The first-order valence-corrected chi connectivity index (χ1v) is 8.57. The number of hydrogen-bond acceptors (Lipinski definition) is 3. The molecule has 1 aliphatic carbocycles. The van der Waals surface area contributed by atoms with Crippen LogP contribution in [0.15, 0.2) is 47.1 Å². The molecule has 1 saturated carbocycles. The van der Waals surface area contributed by atoms with Crippen molar-refractivity contribution in [1.82, 2.24) is 4.98 Å². The Morgan fingerprint density at radius 1 is 1.25 bits per heavy atom. The largest absolute Gasteiger partial charge is 0.478 e. The van der Waals surface area contributed by atoms with Gasteiger partial charge in [-0.15, -0.1) is 0 Å². The zero-order chi connectivity index (χ0) is 17.1. The van der Waals surface area contributed by atoms with E-state index in [1.54, 1.807) is 24.4 Å². The molecule has 6 heteroatoms. The maximum atomic E-state index is 12.4. The number of para-hydroxylation sites is 1. The number of halogens is 1. The van der Waals surface area contributed by atoms with Crippen molar-refractivity contribution in [2.45, 2.75) is 25.2 Å². The molecule has 2 aromatic rings. The molecule has 24 heavy (non-hydrogen) atoms. The van der Waals surface area contributed by atoms with Crippen LogP contribution in [0.25, 0.3) is 0 Å². The zero-order valence-corrected chi connectivity index (χ0v) is 14.5. The minimum atomic E-state index is -1.06. The van der Waals surface area contributed by atoms with E-state index in [0.717, 1.165) is 23.0 Å². The fraction of sp³-hybridized carbons (Fsp3) is 0.278. The molecule has 0 bridgehead atoms. The Balaban J connectivity index is 1.73. The number of nitrogens with zero attached hydrogens (tertiary/aromatic N) is 1. The Morgan fingerprint density at radius 2 is 2.00 bits per heavy atom. The number of rotatable bonds is 6. The smallest absolute Gasteiger partial charge is 0.337 e. The topological polar surface area (TPSA) is 79.3 Å². The lowest BCUT2D eigenvalue weighted by atomic mass is 9.94. The molecular formula is C18H17BrN2O3. The van der Waals surface area contributed by atoms with Crippen molar-refractivity contribution in [3.8, 4) is 0 Å². The molecule has 3 rings (SSSR count). The van der Waals surface area contributed by atoms with E-state index in [1.165, 1.54) is 6.07 Å². The number of carbonyl (C=O) groups is 2. The summed E-state index contributed by atoms with van der Waals surface area (Å²) < 4.78 is 0.903. The summed E-state index contributed by atoms with van der Waals surface area (Å²) in [6, 6.07) is 10.3. The van der Waals surface area contributed by atoms with E-state index in [-0.39, 0.29) is 17.4 Å². The average Bonchev–Trinajstić information content (AvgIpc) is 3.39. The summed E-state index contributed by atoms with van der Waals surface area (Å²) in [5.41, 5.74) is 1.33. The lowest BCUT2D eigenvalue weighted by Gasteiger charge is -2.16. The van der Waals surface area contributed by atoms with Gasteiger partial charge in [0.15, 0.2) is 0 Å². The Hall–Kier alpha value is -2.21. The van der Waals surface area contributed by atoms with Gasteiger partial charge in [-0.2, -0.15) is 0 Å². The van der Waals surface area contributed by atoms with E-state index in [1.807, 2.05) is 12.1 Å². The number of hydrogen-bond donors (Lipinski definition) is 2. The van der Waals surface area contributed by atoms with Crippen LogP contribution in [0.3, 0.4) is 0 Å². The molecule has 1 aliphatic rings. The van der Waals surface area contributed by atoms with Crippen LogP contribution < -0.4 is 5.32 Å². The van der Waals surface area contributed by atoms with Crippen LogP contribution in [0.2, 0.25) is 0 Å². The second kappa shape index (κ2) is 7.13. The molecule has 1 atom stereocenters. The van der Waals surface area contributed by atoms with Gasteiger partial charge in [0.25, 0.3) is 0 Å². The molecule has 5 nitrogen and oxygen atoms in total. The summed E-state index contributed by atoms with van der Waals surface area (Å²) in [7, 11) is 0. The van der Waals surface area contributed by atoms with Crippen LogP contribution >= 0.6 is 15.9 Å². The number of carbonyl (C=O) groups excluding carboxylic acids is 1. The van der Waals surface area contributed by atoms with Gasteiger partial charge < -0.3 is 10.4 Å². The molecule has 1 amide bonds. The molecule has 0 radical (unpaired) electrons. The predicted molar refractivity (Wildman–Crippen MR) is 94.1 cm³/mol. The summed E-state index contributed by atoms with van der Waals surface area (Å²) in [5.74, 6) is -0.709. The van der Waals surface area contributed by atoms with Gasteiger partial charge in [-0.3, -0.25) is 9.78 Å². The third-order valence-corrected chi connectivity index (χ3v) is 4.63. The van der Waals surface area contributed by atoms with Crippen molar-refractivity contribution in [3.05, 3.63) is 58.3 Å². The van der Waals surface area contributed by atoms with E-state index in [4.69, 9.17) is 0 Å². The molecule has 1 heterocycles. The number of aromatic carboxylic acids is 1. The number of nitrogens with one attached hydrogen (secondary N) is 1. The van der Waals surface area contributed by atoms with Gasteiger partial charge in [0.1, 0.15) is 0 Å². The van der Waals surface area contributed by atoms with Crippen LogP contribution in [0, 0.1) is 5.92 Å². The highest BCUT2D eigenvalue weighted by Crippen LogP contribution is 2.44. The number of carboxylic acid groups (broad SMARTS) is 1. The monoisotopic (exact) mass is 388 g/mol. The van der Waals surface area contributed by atoms with Gasteiger partial charge in [-0.25, -0.2) is 4.79 Å². The van der Waals surface area contributed by atoms with Crippen molar-refractivity contribution in [2.24, 2.45) is 5.92 Å². The van der Waals surface area contributed by atoms with Crippen molar-refractivity contribution >= 4 is 33.5 Å². The fourth-order valence-corrected chi connectivity index (χ4v) is 3.03. The minimum absolute atomic E-state index is 0.0649. The SMILES string of the molecule is O=C(CC(c1ccc(Br)cn1)C1CC1)Nc1ccccc1C(=O)O. The number of pyridine rings is 1. The molecule has 124 valence electrons. The number of aromatic nitrogens is 1. The summed E-state index contributed by atoms with van der Waals surface area (Å²) >= 11 is 3.37. The van der Waals surface area contributed by atoms with E-state index < -0.39 is 5.97 Å².